The summed E-state index contributed by atoms with van der Waals surface area (Å²) in [6.45, 7) is 2.26. The molecule has 0 radical (unpaired) electrons. The zero-order valence-electron chi connectivity index (χ0n) is 15.2. The molecule has 0 amide bonds. The summed E-state index contributed by atoms with van der Waals surface area (Å²) < 4.78 is 13.1. The number of pyridine rings is 1. The van der Waals surface area contributed by atoms with E-state index in [1.54, 1.807) is 30.5 Å². The molecule has 3 aromatic rings. The van der Waals surface area contributed by atoms with Crippen LogP contribution in [0.5, 0.6) is 5.75 Å². The fourth-order valence-corrected chi connectivity index (χ4v) is 3.16. The third kappa shape index (κ3) is 5.33. The number of benzene rings is 1. The summed E-state index contributed by atoms with van der Waals surface area (Å²) in [4.78, 5) is 28.4. The summed E-state index contributed by atoms with van der Waals surface area (Å²) in [6, 6.07) is 10.3. The van der Waals surface area contributed by atoms with E-state index in [2.05, 4.69) is 20.9 Å². The summed E-state index contributed by atoms with van der Waals surface area (Å²) in [6.07, 6.45) is 2.37. The maximum Gasteiger partial charge on any atom is 0.306 e. The number of aromatic nitrogens is 2. The zero-order valence-corrected chi connectivity index (χ0v) is 17.5. The van der Waals surface area contributed by atoms with Crippen LogP contribution in [0.3, 0.4) is 0 Å². The number of ether oxygens (including phenoxy) is 2. The minimum atomic E-state index is -0.366. The van der Waals surface area contributed by atoms with Crippen molar-refractivity contribution in [3.05, 3.63) is 73.7 Å². The first-order chi connectivity index (χ1) is 13.4. The molecule has 2 aromatic heterocycles. The number of hydrogen-bond donors (Lipinski definition) is 0. The maximum absolute atomic E-state index is 12.1. The number of carbonyl (C=O) groups excluding carboxylic acids is 1. The van der Waals surface area contributed by atoms with Crippen LogP contribution in [-0.2, 0) is 16.1 Å². The van der Waals surface area contributed by atoms with Gasteiger partial charge in [-0.25, -0.2) is 4.98 Å². The van der Waals surface area contributed by atoms with Crippen molar-refractivity contribution in [1.29, 1.82) is 0 Å². The van der Waals surface area contributed by atoms with Crippen LogP contribution in [0.1, 0.15) is 24.1 Å². The van der Waals surface area contributed by atoms with Crippen LogP contribution in [0.15, 0.2) is 51.9 Å². The van der Waals surface area contributed by atoms with Gasteiger partial charge in [-0.2, -0.15) is 0 Å². The Morgan fingerprint density at radius 2 is 2.07 bits per heavy atom. The Kier molecular flexibility index (Phi) is 6.70. The molecule has 146 valence electrons. The Labute approximate surface area is 175 Å². The van der Waals surface area contributed by atoms with Gasteiger partial charge in [-0.15, -0.1) is 0 Å². The van der Waals surface area contributed by atoms with E-state index in [1.807, 2.05) is 13.0 Å². The molecule has 2 heterocycles. The van der Waals surface area contributed by atoms with Crippen molar-refractivity contribution in [3.8, 4) is 5.75 Å². The molecule has 0 aliphatic rings. The number of esters is 1. The standard InChI is InChI=1S/C20H18BrClN2O4/c1-13-9-15(22)5-6-17(13)27-8-2-3-20(26)28-12-16-10-19(25)24-11-14(21)4-7-18(24)23-16/h4-7,9-11H,2-3,8,12H2,1H3. The highest BCUT2D eigenvalue weighted by molar-refractivity contribution is 9.10. The summed E-state index contributed by atoms with van der Waals surface area (Å²) in [7, 11) is 0. The molecular weight excluding hydrogens is 448 g/mol. The van der Waals surface area contributed by atoms with Crippen LogP contribution in [0.4, 0.5) is 0 Å². The molecule has 0 aliphatic heterocycles. The van der Waals surface area contributed by atoms with Gasteiger partial charge in [-0.1, -0.05) is 11.6 Å². The number of halogens is 2. The second-order valence-electron chi connectivity index (χ2n) is 6.18. The number of rotatable bonds is 7. The number of carbonyl (C=O) groups is 1. The molecular formula is C20H18BrClN2O4. The number of nitrogens with zero attached hydrogens (tertiary/aromatic N) is 2. The van der Waals surface area contributed by atoms with E-state index in [1.165, 1.54) is 10.5 Å². The predicted octanol–water partition coefficient (Wildman–Crippen LogP) is 4.32. The summed E-state index contributed by atoms with van der Waals surface area (Å²) in [5.41, 5.74) is 1.61. The third-order valence-electron chi connectivity index (χ3n) is 3.98. The second kappa shape index (κ2) is 9.21. The van der Waals surface area contributed by atoms with Gasteiger partial charge in [0.25, 0.3) is 5.56 Å². The lowest BCUT2D eigenvalue weighted by atomic mass is 10.2. The SMILES string of the molecule is Cc1cc(Cl)ccc1OCCCC(=O)OCc1cc(=O)n2cc(Br)ccc2n1. The van der Waals surface area contributed by atoms with Crippen LogP contribution < -0.4 is 10.3 Å². The Morgan fingerprint density at radius 3 is 2.86 bits per heavy atom. The van der Waals surface area contributed by atoms with E-state index in [4.69, 9.17) is 21.1 Å². The molecule has 0 fully saturated rings. The molecule has 0 saturated carbocycles. The van der Waals surface area contributed by atoms with E-state index in [-0.39, 0.29) is 24.6 Å². The molecule has 3 rings (SSSR count). The van der Waals surface area contributed by atoms with Gasteiger partial charge in [0.1, 0.15) is 18.0 Å². The van der Waals surface area contributed by atoms with Crippen molar-refractivity contribution in [2.24, 2.45) is 0 Å². The molecule has 28 heavy (non-hydrogen) atoms. The highest BCUT2D eigenvalue weighted by Crippen LogP contribution is 2.22. The van der Waals surface area contributed by atoms with Crippen LogP contribution in [-0.4, -0.2) is 22.0 Å². The fraction of sp³-hybridized carbons (Fsp3) is 0.250. The van der Waals surface area contributed by atoms with Gasteiger partial charge in [-0.05, 0) is 65.2 Å². The average molecular weight is 466 g/mol. The van der Waals surface area contributed by atoms with Crippen LogP contribution in [0.2, 0.25) is 5.02 Å². The quantitative estimate of drug-likeness (QED) is 0.384. The Balaban J connectivity index is 1.47. The van der Waals surface area contributed by atoms with Crippen LogP contribution in [0.25, 0.3) is 5.65 Å². The van der Waals surface area contributed by atoms with Crippen LogP contribution >= 0.6 is 27.5 Å². The third-order valence-corrected chi connectivity index (χ3v) is 4.68. The van der Waals surface area contributed by atoms with Crippen molar-refractivity contribution >= 4 is 39.1 Å². The van der Waals surface area contributed by atoms with E-state index >= 15 is 0 Å². The lowest BCUT2D eigenvalue weighted by Gasteiger charge is -2.09. The molecule has 0 unspecified atom stereocenters. The van der Waals surface area contributed by atoms with Gasteiger partial charge in [0, 0.05) is 28.2 Å². The monoisotopic (exact) mass is 464 g/mol. The summed E-state index contributed by atoms with van der Waals surface area (Å²) >= 11 is 9.22. The predicted molar refractivity (Wildman–Crippen MR) is 110 cm³/mol. The zero-order chi connectivity index (χ0) is 20.1. The highest BCUT2D eigenvalue weighted by atomic mass is 79.9. The van der Waals surface area contributed by atoms with E-state index < -0.39 is 0 Å². The molecule has 0 saturated heterocycles. The first-order valence-electron chi connectivity index (χ1n) is 8.65. The molecule has 0 aliphatic carbocycles. The maximum atomic E-state index is 12.1. The van der Waals surface area contributed by atoms with Gasteiger partial charge in [0.15, 0.2) is 0 Å². The molecule has 0 N–H and O–H groups in total. The fourth-order valence-electron chi connectivity index (χ4n) is 2.60. The van der Waals surface area contributed by atoms with E-state index in [0.29, 0.717) is 29.4 Å². The molecule has 0 atom stereocenters. The Bertz CT molecular complexity index is 1070. The van der Waals surface area contributed by atoms with Gasteiger partial charge in [0.2, 0.25) is 0 Å². The van der Waals surface area contributed by atoms with E-state index in [0.717, 1.165) is 15.8 Å². The van der Waals surface area contributed by atoms with Gasteiger partial charge < -0.3 is 9.47 Å². The average Bonchev–Trinajstić information content (AvgIpc) is 2.65. The first kappa shape index (κ1) is 20.4. The second-order valence-corrected chi connectivity index (χ2v) is 7.54. The molecule has 0 spiro atoms. The van der Waals surface area contributed by atoms with E-state index in [9.17, 15) is 9.59 Å². The lowest BCUT2D eigenvalue weighted by molar-refractivity contribution is -0.145. The Hall–Kier alpha value is -2.38. The van der Waals surface area contributed by atoms with Gasteiger partial charge >= 0.3 is 5.97 Å². The lowest BCUT2D eigenvalue weighted by Crippen LogP contribution is -2.16. The summed E-state index contributed by atoms with van der Waals surface area (Å²) in [5, 5.41) is 0.656. The van der Waals surface area contributed by atoms with Crippen molar-refractivity contribution in [1.82, 2.24) is 9.38 Å². The number of hydrogen-bond acceptors (Lipinski definition) is 5. The van der Waals surface area contributed by atoms with Gasteiger partial charge in [-0.3, -0.25) is 14.0 Å². The van der Waals surface area contributed by atoms with Crippen molar-refractivity contribution in [2.45, 2.75) is 26.4 Å². The molecule has 8 heteroatoms. The first-order valence-corrected chi connectivity index (χ1v) is 9.82. The number of aryl methyl sites for hydroxylation is 1. The smallest absolute Gasteiger partial charge is 0.306 e. The topological polar surface area (TPSA) is 69.9 Å². The number of fused-ring (bicyclic) bond motifs is 1. The van der Waals surface area contributed by atoms with Gasteiger partial charge in [0.05, 0.1) is 12.3 Å². The minimum absolute atomic E-state index is 0.0439. The van der Waals surface area contributed by atoms with Crippen molar-refractivity contribution < 1.29 is 14.3 Å². The molecule has 0 bridgehead atoms. The minimum Gasteiger partial charge on any atom is -0.493 e. The van der Waals surface area contributed by atoms with Crippen LogP contribution in [0, 0.1) is 6.92 Å². The molecule has 6 nitrogen and oxygen atoms in total. The Morgan fingerprint density at radius 1 is 1.25 bits per heavy atom. The van der Waals surface area contributed by atoms with Crippen molar-refractivity contribution in [3.63, 3.8) is 0 Å². The molecule has 1 aromatic carbocycles. The van der Waals surface area contributed by atoms with Crippen molar-refractivity contribution in [2.75, 3.05) is 6.61 Å². The summed E-state index contributed by atoms with van der Waals surface area (Å²) in [5.74, 6) is 0.375. The normalized spacial score (nSPS) is 10.8. The highest BCUT2D eigenvalue weighted by Gasteiger charge is 2.08. The largest absolute Gasteiger partial charge is 0.493 e.